The van der Waals surface area contributed by atoms with E-state index in [2.05, 4.69) is 20.3 Å². The van der Waals surface area contributed by atoms with Crippen LogP contribution in [0.5, 0.6) is 5.88 Å². The molecule has 2 aromatic heterocycles. The van der Waals surface area contributed by atoms with E-state index < -0.39 is 0 Å². The van der Waals surface area contributed by atoms with Crippen LogP contribution in [0.3, 0.4) is 0 Å². The van der Waals surface area contributed by atoms with Crippen LogP contribution in [-0.2, 0) is 0 Å². The molecule has 1 atom stereocenters. The Labute approximate surface area is 147 Å². The first-order valence-electron chi connectivity index (χ1n) is 7.92. The van der Waals surface area contributed by atoms with Crippen LogP contribution in [0.15, 0.2) is 41.3 Å². The number of aromatic amines is 2. The Kier molecular flexibility index (Phi) is 4.19. The van der Waals surface area contributed by atoms with E-state index in [1.165, 1.54) is 0 Å². The minimum Gasteiger partial charge on any atom is -0.473 e. The number of carbonyl (C=O) groups is 1. The number of aromatic nitrogens is 3. The Morgan fingerprint density at radius 3 is 3.00 bits per heavy atom. The smallest absolute Gasteiger partial charge is 0.323 e. The third-order valence-electron chi connectivity index (χ3n) is 3.96. The van der Waals surface area contributed by atoms with E-state index in [-0.39, 0.29) is 17.7 Å². The summed E-state index contributed by atoms with van der Waals surface area (Å²) in [6.45, 7) is 0. The zero-order valence-electron chi connectivity index (χ0n) is 13.2. The Bertz CT molecular complexity index is 975. The molecule has 7 nitrogen and oxygen atoms in total. The van der Waals surface area contributed by atoms with Crippen LogP contribution in [-0.4, -0.2) is 38.5 Å². The lowest BCUT2D eigenvalue weighted by atomic mass is 10.2. The topological polar surface area (TPSA) is 99.9 Å². The van der Waals surface area contributed by atoms with Gasteiger partial charge in [-0.1, -0.05) is 0 Å². The molecule has 1 fully saturated rings. The van der Waals surface area contributed by atoms with Gasteiger partial charge in [0, 0.05) is 17.6 Å². The van der Waals surface area contributed by atoms with Crippen LogP contribution in [0.2, 0.25) is 0 Å². The number of nitrogens with zero attached hydrogens (tertiary/aromatic N) is 1. The predicted molar refractivity (Wildman–Crippen MR) is 97.5 cm³/mol. The number of hydrogen-bond donors (Lipinski definition) is 3. The van der Waals surface area contributed by atoms with Gasteiger partial charge in [0.25, 0.3) is 5.91 Å². The number of benzene rings is 1. The lowest BCUT2D eigenvalue weighted by molar-refractivity contribution is 0.101. The SMILES string of the molecule is O=C(Nc1ccc2[nH]c(=O)[nH]c2c1)c1cccnc1O[C@H]1CCSC1. The highest BCUT2D eigenvalue weighted by Crippen LogP contribution is 2.25. The van der Waals surface area contributed by atoms with Gasteiger partial charge < -0.3 is 20.0 Å². The summed E-state index contributed by atoms with van der Waals surface area (Å²) in [5.74, 6) is 2.03. The van der Waals surface area contributed by atoms with E-state index in [0.717, 1.165) is 17.9 Å². The number of rotatable bonds is 4. The fourth-order valence-electron chi connectivity index (χ4n) is 2.73. The van der Waals surface area contributed by atoms with Gasteiger partial charge in [-0.15, -0.1) is 0 Å². The van der Waals surface area contributed by atoms with Gasteiger partial charge in [0.1, 0.15) is 11.7 Å². The summed E-state index contributed by atoms with van der Waals surface area (Å²) in [5, 5.41) is 2.82. The van der Waals surface area contributed by atoms with Gasteiger partial charge in [0.05, 0.1) is 11.0 Å². The molecule has 1 amide bonds. The van der Waals surface area contributed by atoms with Crippen molar-refractivity contribution in [3.8, 4) is 5.88 Å². The molecule has 1 aromatic carbocycles. The van der Waals surface area contributed by atoms with Crippen LogP contribution in [0.4, 0.5) is 5.69 Å². The summed E-state index contributed by atoms with van der Waals surface area (Å²) in [7, 11) is 0. The van der Waals surface area contributed by atoms with Crippen LogP contribution < -0.4 is 15.7 Å². The van der Waals surface area contributed by atoms with Crippen molar-refractivity contribution in [2.75, 3.05) is 16.8 Å². The van der Waals surface area contributed by atoms with Crippen molar-refractivity contribution in [1.29, 1.82) is 0 Å². The van der Waals surface area contributed by atoms with Crippen molar-refractivity contribution in [2.24, 2.45) is 0 Å². The molecule has 0 unspecified atom stereocenters. The van der Waals surface area contributed by atoms with Crippen molar-refractivity contribution >= 4 is 34.4 Å². The van der Waals surface area contributed by atoms with Gasteiger partial charge in [-0.3, -0.25) is 4.79 Å². The van der Waals surface area contributed by atoms with Crippen molar-refractivity contribution in [3.05, 3.63) is 52.6 Å². The second kappa shape index (κ2) is 6.64. The third kappa shape index (κ3) is 3.39. The molecule has 0 radical (unpaired) electrons. The summed E-state index contributed by atoms with van der Waals surface area (Å²) in [5.41, 5.74) is 2.01. The van der Waals surface area contributed by atoms with E-state index in [4.69, 9.17) is 4.74 Å². The molecule has 1 saturated heterocycles. The number of imidazole rings is 1. The molecule has 1 aliphatic rings. The number of ether oxygens (including phenoxy) is 1. The number of nitrogens with one attached hydrogen (secondary N) is 3. The molecule has 4 rings (SSSR count). The van der Waals surface area contributed by atoms with Gasteiger partial charge in [0.2, 0.25) is 5.88 Å². The predicted octanol–water partition coefficient (Wildman–Crippen LogP) is 2.39. The molecule has 1 aliphatic heterocycles. The van der Waals surface area contributed by atoms with Crippen LogP contribution in [0.1, 0.15) is 16.8 Å². The number of fused-ring (bicyclic) bond motifs is 1. The largest absolute Gasteiger partial charge is 0.473 e. The van der Waals surface area contributed by atoms with Crippen molar-refractivity contribution in [3.63, 3.8) is 0 Å². The summed E-state index contributed by atoms with van der Waals surface area (Å²) >= 11 is 1.84. The number of hydrogen-bond acceptors (Lipinski definition) is 5. The summed E-state index contributed by atoms with van der Waals surface area (Å²) in [4.78, 5) is 33.5. The number of anilines is 1. The van der Waals surface area contributed by atoms with Gasteiger partial charge in [0.15, 0.2) is 0 Å². The molecule has 0 spiro atoms. The highest BCUT2D eigenvalue weighted by molar-refractivity contribution is 7.99. The molecule has 8 heteroatoms. The second-order valence-corrected chi connectivity index (χ2v) is 6.90. The molecular weight excluding hydrogens is 340 g/mol. The Morgan fingerprint density at radius 1 is 1.28 bits per heavy atom. The zero-order chi connectivity index (χ0) is 17.2. The van der Waals surface area contributed by atoms with Crippen LogP contribution in [0, 0.1) is 0 Å². The fraction of sp³-hybridized carbons (Fsp3) is 0.235. The maximum Gasteiger partial charge on any atom is 0.323 e. The maximum atomic E-state index is 12.6. The van der Waals surface area contributed by atoms with Crippen LogP contribution >= 0.6 is 11.8 Å². The van der Waals surface area contributed by atoms with Gasteiger partial charge in [-0.05, 0) is 42.5 Å². The molecule has 128 valence electrons. The first-order chi connectivity index (χ1) is 12.2. The van der Waals surface area contributed by atoms with Crippen molar-refractivity contribution in [1.82, 2.24) is 15.0 Å². The first-order valence-corrected chi connectivity index (χ1v) is 9.07. The highest BCUT2D eigenvalue weighted by Gasteiger charge is 2.21. The minimum absolute atomic E-state index is 0.0905. The lowest BCUT2D eigenvalue weighted by Gasteiger charge is -2.14. The number of amides is 1. The van der Waals surface area contributed by atoms with Gasteiger partial charge >= 0.3 is 5.69 Å². The number of pyridine rings is 1. The number of carbonyl (C=O) groups excluding carboxylic acids is 1. The highest BCUT2D eigenvalue weighted by atomic mass is 32.2. The molecular formula is C17H16N4O3S. The minimum atomic E-state index is -0.300. The molecule has 25 heavy (non-hydrogen) atoms. The van der Waals surface area contributed by atoms with Crippen molar-refractivity contribution in [2.45, 2.75) is 12.5 Å². The lowest BCUT2D eigenvalue weighted by Crippen LogP contribution is -2.20. The van der Waals surface area contributed by atoms with E-state index in [0.29, 0.717) is 28.2 Å². The molecule has 3 heterocycles. The number of thioether (sulfide) groups is 1. The van der Waals surface area contributed by atoms with Crippen molar-refractivity contribution < 1.29 is 9.53 Å². The Balaban J connectivity index is 1.56. The Morgan fingerprint density at radius 2 is 2.16 bits per heavy atom. The molecule has 0 bridgehead atoms. The van der Waals surface area contributed by atoms with Crippen LogP contribution in [0.25, 0.3) is 11.0 Å². The van der Waals surface area contributed by atoms with E-state index in [1.807, 2.05) is 11.8 Å². The zero-order valence-corrected chi connectivity index (χ0v) is 14.1. The molecule has 3 aromatic rings. The average Bonchev–Trinajstić information content (AvgIpc) is 3.23. The standard InChI is InChI=1S/C17H16N4O3S/c22-15(19-10-3-4-13-14(8-10)21-17(23)20-13)12-2-1-6-18-16(12)24-11-5-7-25-9-11/h1-4,6,8,11H,5,7,9H2,(H,19,22)(H2,20,21,23)/t11-/m0/s1. The number of H-pyrrole nitrogens is 2. The fourth-order valence-corrected chi connectivity index (χ4v) is 3.82. The maximum absolute atomic E-state index is 12.6. The Hall–Kier alpha value is -2.74. The molecule has 0 saturated carbocycles. The van der Waals surface area contributed by atoms with Gasteiger partial charge in [-0.25, -0.2) is 9.78 Å². The quantitative estimate of drug-likeness (QED) is 0.666. The van der Waals surface area contributed by atoms with E-state index in [9.17, 15) is 9.59 Å². The second-order valence-electron chi connectivity index (χ2n) is 5.75. The third-order valence-corrected chi connectivity index (χ3v) is 5.09. The normalized spacial score (nSPS) is 16.9. The monoisotopic (exact) mass is 356 g/mol. The first kappa shape index (κ1) is 15.8. The van der Waals surface area contributed by atoms with E-state index in [1.54, 1.807) is 36.5 Å². The molecule has 0 aliphatic carbocycles. The summed E-state index contributed by atoms with van der Waals surface area (Å²) in [6.07, 6.45) is 2.66. The summed E-state index contributed by atoms with van der Waals surface area (Å²) in [6, 6.07) is 8.57. The van der Waals surface area contributed by atoms with E-state index >= 15 is 0 Å². The molecule has 3 N–H and O–H groups in total. The van der Waals surface area contributed by atoms with Gasteiger partial charge in [-0.2, -0.15) is 11.8 Å². The average molecular weight is 356 g/mol. The summed E-state index contributed by atoms with van der Waals surface area (Å²) < 4.78 is 5.89.